The van der Waals surface area contributed by atoms with Gasteiger partial charge in [0.2, 0.25) is 0 Å². The molecule has 2 aromatic rings. The van der Waals surface area contributed by atoms with Gasteiger partial charge in [-0.2, -0.15) is 0 Å². The number of benzene rings is 2. The summed E-state index contributed by atoms with van der Waals surface area (Å²) in [6, 6.07) is 13.1. The Morgan fingerprint density at radius 3 is 2.44 bits per heavy atom. The molecule has 2 aliphatic heterocycles. The van der Waals surface area contributed by atoms with E-state index in [4.69, 9.17) is 21.3 Å². The summed E-state index contributed by atoms with van der Waals surface area (Å²) in [7, 11) is 0. The number of nitrogens with one attached hydrogen (secondary N) is 2. The molecule has 32 heavy (non-hydrogen) atoms. The van der Waals surface area contributed by atoms with Gasteiger partial charge in [-0.1, -0.05) is 30.3 Å². The zero-order chi connectivity index (χ0) is 22.8. The van der Waals surface area contributed by atoms with E-state index in [2.05, 4.69) is 0 Å². The molecule has 8 heteroatoms. The molecule has 1 saturated heterocycles. The van der Waals surface area contributed by atoms with Crippen LogP contribution in [0.3, 0.4) is 0 Å². The Kier molecular flexibility index (Phi) is 6.03. The minimum absolute atomic E-state index is 0.0290. The normalized spacial score (nSPS) is 18.7. The standard InChI is InChI=1S/C24H29N5O3/c1-15(25)28-11-9-21(14-28)32-20-6-4-17(5-7-20)22(23(30)31)18-3-2-16-8-10-29(24(26)27)13-19(16)12-18/h2-7,12,21-22,25H,8-11,13-14H2,1H3,(H3,26,27)(H,30,31). The third-order valence-electron chi connectivity index (χ3n) is 6.30. The maximum atomic E-state index is 12.2. The van der Waals surface area contributed by atoms with E-state index >= 15 is 0 Å². The molecule has 168 valence electrons. The number of rotatable bonds is 5. The Morgan fingerprint density at radius 2 is 1.81 bits per heavy atom. The highest BCUT2D eigenvalue weighted by molar-refractivity contribution is 5.81. The van der Waals surface area contributed by atoms with E-state index in [9.17, 15) is 9.90 Å². The van der Waals surface area contributed by atoms with Crippen molar-refractivity contribution in [2.75, 3.05) is 19.6 Å². The van der Waals surface area contributed by atoms with E-state index < -0.39 is 11.9 Å². The van der Waals surface area contributed by atoms with Gasteiger partial charge >= 0.3 is 5.97 Å². The van der Waals surface area contributed by atoms with Crippen molar-refractivity contribution in [1.29, 1.82) is 10.8 Å². The van der Waals surface area contributed by atoms with E-state index in [1.54, 1.807) is 11.8 Å². The largest absolute Gasteiger partial charge is 0.489 e. The first kappa shape index (κ1) is 21.7. The molecule has 2 unspecified atom stereocenters. The van der Waals surface area contributed by atoms with Crippen molar-refractivity contribution in [2.24, 2.45) is 5.73 Å². The molecule has 2 heterocycles. The fourth-order valence-corrected chi connectivity index (χ4v) is 4.50. The lowest BCUT2D eigenvalue weighted by atomic mass is 9.87. The summed E-state index contributed by atoms with van der Waals surface area (Å²) < 4.78 is 6.04. The van der Waals surface area contributed by atoms with Gasteiger partial charge in [0.05, 0.1) is 12.4 Å². The molecular weight excluding hydrogens is 406 g/mol. The number of ether oxygens (including phenoxy) is 1. The molecule has 0 saturated carbocycles. The molecule has 0 amide bonds. The second-order valence-corrected chi connectivity index (χ2v) is 8.49. The fraction of sp³-hybridized carbons (Fsp3) is 0.375. The van der Waals surface area contributed by atoms with Gasteiger partial charge in [-0.3, -0.25) is 15.6 Å². The van der Waals surface area contributed by atoms with Crippen LogP contribution < -0.4 is 10.5 Å². The third kappa shape index (κ3) is 4.54. The highest BCUT2D eigenvalue weighted by atomic mass is 16.5. The molecule has 0 spiro atoms. The van der Waals surface area contributed by atoms with Gasteiger partial charge in [0.15, 0.2) is 5.96 Å². The second-order valence-electron chi connectivity index (χ2n) is 8.49. The van der Waals surface area contributed by atoms with Crippen molar-refractivity contribution < 1.29 is 14.6 Å². The van der Waals surface area contributed by atoms with Crippen LogP contribution in [-0.2, 0) is 17.8 Å². The van der Waals surface area contributed by atoms with E-state index in [-0.39, 0.29) is 12.1 Å². The predicted octanol–water partition coefficient (Wildman–Crippen LogP) is 2.60. The van der Waals surface area contributed by atoms with Gasteiger partial charge in [-0.25, -0.2) is 0 Å². The topological polar surface area (TPSA) is 127 Å². The van der Waals surface area contributed by atoms with Crippen LogP contribution >= 0.6 is 0 Å². The Bertz CT molecular complexity index is 1040. The number of hydrogen-bond donors (Lipinski definition) is 4. The maximum absolute atomic E-state index is 12.2. The maximum Gasteiger partial charge on any atom is 0.315 e. The first-order chi connectivity index (χ1) is 15.3. The molecule has 0 aromatic heterocycles. The van der Waals surface area contributed by atoms with Crippen LogP contribution in [0.1, 0.15) is 41.5 Å². The number of aliphatic carboxylic acids is 1. The molecule has 0 radical (unpaired) electrons. The van der Waals surface area contributed by atoms with Crippen LogP contribution in [-0.4, -0.2) is 58.4 Å². The number of carboxylic acids is 1. The van der Waals surface area contributed by atoms with Crippen molar-refractivity contribution in [3.63, 3.8) is 0 Å². The van der Waals surface area contributed by atoms with E-state index in [0.717, 1.165) is 24.9 Å². The Morgan fingerprint density at radius 1 is 1.09 bits per heavy atom. The lowest BCUT2D eigenvalue weighted by Crippen LogP contribution is -2.40. The Labute approximate surface area is 187 Å². The van der Waals surface area contributed by atoms with Crippen LogP contribution in [0.5, 0.6) is 5.75 Å². The number of fused-ring (bicyclic) bond motifs is 1. The van der Waals surface area contributed by atoms with Crippen LogP contribution in [0.4, 0.5) is 0 Å². The Balaban J connectivity index is 1.51. The lowest BCUT2D eigenvalue weighted by Gasteiger charge is -2.29. The summed E-state index contributed by atoms with van der Waals surface area (Å²) in [5.74, 6) is -0.412. The van der Waals surface area contributed by atoms with Crippen molar-refractivity contribution in [3.8, 4) is 5.75 Å². The number of likely N-dealkylation sites (tertiary alicyclic amines) is 1. The quantitative estimate of drug-likeness (QED) is 0.422. The molecule has 4 rings (SSSR count). The first-order valence-corrected chi connectivity index (χ1v) is 10.8. The van der Waals surface area contributed by atoms with Crippen molar-refractivity contribution in [2.45, 2.75) is 38.3 Å². The molecule has 8 nitrogen and oxygen atoms in total. The second kappa shape index (κ2) is 8.90. The fourth-order valence-electron chi connectivity index (χ4n) is 4.50. The van der Waals surface area contributed by atoms with E-state index in [1.165, 1.54) is 5.56 Å². The number of amidine groups is 1. The van der Waals surface area contributed by atoms with Gasteiger partial charge in [0.1, 0.15) is 17.8 Å². The minimum atomic E-state index is -0.911. The minimum Gasteiger partial charge on any atom is -0.489 e. The van der Waals surface area contributed by atoms with Crippen LogP contribution in [0.2, 0.25) is 0 Å². The number of carbonyl (C=O) groups is 1. The summed E-state index contributed by atoms with van der Waals surface area (Å²) in [4.78, 5) is 16.0. The highest BCUT2D eigenvalue weighted by Gasteiger charge is 2.26. The number of guanidine groups is 1. The van der Waals surface area contributed by atoms with Gasteiger partial charge in [-0.05, 0) is 47.7 Å². The molecule has 2 atom stereocenters. The zero-order valence-electron chi connectivity index (χ0n) is 18.2. The third-order valence-corrected chi connectivity index (χ3v) is 6.30. The summed E-state index contributed by atoms with van der Waals surface area (Å²) in [6.07, 6.45) is 1.68. The average molecular weight is 436 g/mol. The smallest absolute Gasteiger partial charge is 0.315 e. The Hall–Kier alpha value is -3.55. The molecule has 2 aromatic carbocycles. The lowest BCUT2D eigenvalue weighted by molar-refractivity contribution is -0.137. The zero-order valence-corrected chi connectivity index (χ0v) is 18.2. The first-order valence-electron chi connectivity index (χ1n) is 10.8. The van der Waals surface area contributed by atoms with Crippen molar-refractivity contribution in [3.05, 3.63) is 64.7 Å². The summed E-state index contributed by atoms with van der Waals surface area (Å²) in [5.41, 5.74) is 9.23. The predicted molar refractivity (Wildman–Crippen MR) is 122 cm³/mol. The average Bonchev–Trinajstić information content (AvgIpc) is 3.23. The SMILES string of the molecule is CC(=N)N1CCC(Oc2ccc(C(C(=O)O)c3ccc4c(c3)CN(C(=N)N)CC4)cc2)C1. The number of carboxylic acid groups (broad SMARTS) is 1. The van der Waals surface area contributed by atoms with Gasteiger partial charge in [-0.15, -0.1) is 0 Å². The number of nitrogens with zero attached hydrogens (tertiary/aromatic N) is 2. The summed E-state index contributed by atoms with van der Waals surface area (Å²) in [6.45, 7) is 4.51. The van der Waals surface area contributed by atoms with Crippen molar-refractivity contribution in [1.82, 2.24) is 9.80 Å². The summed E-state index contributed by atoms with van der Waals surface area (Å²) in [5, 5.41) is 25.4. The molecule has 0 aliphatic carbocycles. The van der Waals surface area contributed by atoms with Crippen molar-refractivity contribution >= 4 is 17.8 Å². The highest BCUT2D eigenvalue weighted by Crippen LogP contribution is 2.30. The van der Waals surface area contributed by atoms with Crippen LogP contribution in [0, 0.1) is 10.8 Å². The van der Waals surface area contributed by atoms with Gasteiger partial charge in [0, 0.05) is 26.1 Å². The van der Waals surface area contributed by atoms with Crippen LogP contribution in [0.15, 0.2) is 42.5 Å². The monoisotopic (exact) mass is 435 g/mol. The molecule has 5 N–H and O–H groups in total. The number of hydrogen-bond acceptors (Lipinski definition) is 4. The van der Waals surface area contributed by atoms with Gasteiger partial charge in [0.25, 0.3) is 0 Å². The molecule has 0 bridgehead atoms. The van der Waals surface area contributed by atoms with Crippen LogP contribution in [0.25, 0.3) is 0 Å². The number of nitrogens with two attached hydrogens (primary N) is 1. The van der Waals surface area contributed by atoms with E-state index in [1.807, 2.05) is 47.4 Å². The molecule has 2 aliphatic rings. The molecule has 1 fully saturated rings. The molecular formula is C24H29N5O3. The van der Waals surface area contributed by atoms with Gasteiger partial charge < -0.3 is 25.4 Å². The summed E-state index contributed by atoms with van der Waals surface area (Å²) >= 11 is 0. The van der Waals surface area contributed by atoms with E-state index in [0.29, 0.717) is 42.3 Å².